The molecule has 0 aliphatic carbocycles. The molecule has 102 valence electrons. The number of hydrogen-bond acceptors (Lipinski definition) is 4. The molecule has 2 N–H and O–H groups in total. The zero-order valence-corrected chi connectivity index (χ0v) is 11.4. The normalized spacial score (nSPS) is 11.1. The smallest absolute Gasteiger partial charge is 0.127 e. The molecule has 4 nitrogen and oxygen atoms in total. The van der Waals surface area contributed by atoms with E-state index in [2.05, 4.69) is 18.8 Å². The summed E-state index contributed by atoms with van der Waals surface area (Å²) in [6.07, 6.45) is 3.50. The fourth-order valence-electron chi connectivity index (χ4n) is 1.84. The number of ether oxygens (including phenoxy) is 2. The summed E-state index contributed by atoms with van der Waals surface area (Å²) >= 11 is 0. The minimum Gasteiger partial charge on any atom is -0.491 e. The van der Waals surface area contributed by atoms with E-state index < -0.39 is 0 Å². The topological polar surface area (TPSA) is 57.4 Å². The molecule has 0 saturated carbocycles. The van der Waals surface area contributed by atoms with Gasteiger partial charge in [-0.25, -0.2) is 0 Å². The van der Waals surface area contributed by atoms with Crippen molar-refractivity contribution in [3.63, 3.8) is 0 Å². The molecule has 0 saturated heterocycles. The zero-order valence-electron chi connectivity index (χ0n) is 11.4. The maximum atomic E-state index is 5.91. The maximum Gasteiger partial charge on any atom is 0.127 e. The SMILES string of the molecule is CC(C)COCCOc1ccc(N)c2cnccc12. The second-order valence-corrected chi connectivity index (χ2v) is 4.89. The van der Waals surface area contributed by atoms with Gasteiger partial charge in [-0.1, -0.05) is 13.8 Å². The molecule has 0 aliphatic heterocycles. The van der Waals surface area contributed by atoms with Crippen LogP contribution >= 0.6 is 0 Å². The number of nitrogens with zero attached hydrogens (tertiary/aromatic N) is 1. The molecule has 0 spiro atoms. The van der Waals surface area contributed by atoms with Crippen LogP contribution in [0.25, 0.3) is 10.8 Å². The van der Waals surface area contributed by atoms with Crippen LogP contribution in [0, 0.1) is 5.92 Å². The van der Waals surface area contributed by atoms with E-state index in [0.717, 1.165) is 23.1 Å². The molecule has 2 aromatic rings. The van der Waals surface area contributed by atoms with E-state index in [0.29, 0.717) is 24.8 Å². The number of nitrogens with two attached hydrogens (primary N) is 1. The van der Waals surface area contributed by atoms with E-state index in [1.54, 1.807) is 12.4 Å². The first kappa shape index (κ1) is 13.6. The van der Waals surface area contributed by atoms with Gasteiger partial charge in [0.15, 0.2) is 0 Å². The summed E-state index contributed by atoms with van der Waals surface area (Å²) in [6.45, 7) is 6.14. The first-order valence-corrected chi connectivity index (χ1v) is 6.51. The Kier molecular flexibility index (Phi) is 4.58. The van der Waals surface area contributed by atoms with Gasteiger partial charge in [0.05, 0.1) is 6.61 Å². The van der Waals surface area contributed by atoms with Gasteiger partial charge >= 0.3 is 0 Å². The fraction of sp³-hybridized carbons (Fsp3) is 0.400. The van der Waals surface area contributed by atoms with Crippen molar-refractivity contribution in [3.8, 4) is 5.75 Å². The molecule has 0 aliphatic rings. The van der Waals surface area contributed by atoms with E-state index in [1.807, 2.05) is 18.2 Å². The average Bonchev–Trinajstić information content (AvgIpc) is 2.41. The molecule has 1 aromatic heterocycles. The summed E-state index contributed by atoms with van der Waals surface area (Å²) in [7, 11) is 0. The van der Waals surface area contributed by atoms with Gasteiger partial charge in [-0.3, -0.25) is 4.98 Å². The van der Waals surface area contributed by atoms with Gasteiger partial charge < -0.3 is 15.2 Å². The highest BCUT2D eigenvalue weighted by Crippen LogP contribution is 2.29. The molecule has 0 radical (unpaired) electrons. The van der Waals surface area contributed by atoms with Gasteiger partial charge in [-0.2, -0.15) is 0 Å². The lowest BCUT2D eigenvalue weighted by molar-refractivity contribution is 0.0823. The standard InChI is InChI=1S/C15H20N2O2/c1-11(2)10-18-7-8-19-15-4-3-14(16)13-9-17-6-5-12(13)15/h3-6,9,11H,7-8,10,16H2,1-2H3. The van der Waals surface area contributed by atoms with Gasteiger partial charge in [0, 0.05) is 35.5 Å². The van der Waals surface area contributed by atoms with Gasteiger partial charge in [0.2, 0.25) is 0 Å². The van der Waals surface area contributed by atoms with Crippen molar-refractivity contribution in [1.29, 1.82) is 0 Å². The number of pyridine rings is 1. The highest BCUT2D eigenvalue weighted by molar-refractivity contribution is 5.96. The third kappa shape index (κ3) is 3.58. The largest absolute Gasteiger partial charge is 0.491 e. The summed E-state index contributed by atoms with van der Waals surface area (Å²) in [5, 5.41) is 1.90. The van der Waals surface area contributed by atoms with Crippen molar-refractivity contribution in [2.45, 2.75) is 13.8 Å². The lowest BCUT2D eigenvalue weighted by Crippen LogP contribution is -2.10. The molecular weight excluding hydrogens is 240 g/mol. The Morgan fingerprint density at radius 2 is 2.00 bits per heavy atom. The first-order valence-electron chi connectivity index (χ1n) is 6.51. The van der Waals surface area contributed by atoms with Crippen molar-refractivity contribution in [3.05, 3.63) is 30.6 Å². The Balaban J connectivity index is 1.99. The van der Waals surface area contributed by atoms with Gasteiger partial charge in [0.25, 0.3) is 0 Å². The van der Waals surface area contributed by atoms with E-state index in [-0.39, 0.29) is 0 Å². The molecular formula is C15H20N2O2. The van der Waals surface area contributed by atoms with Crippen molar-refractivity contribution >= 4 is 16.5 Å². The quantitative estimate of drug-likeness (QED) is 0.641. The Morgan fingerprint density at radius 3 is 2.79 bits per heavy atom. The summed E-state index contributed by atoms with van der Waals surface area (Å²) < 4.78 is 11.2. The molecule has 4 heteroatoms. The molecule has 0 fully saturated rings. The summed E-state index contributed by atoms with van der Waals surface area (Å²) in [6, 6.07) is 5.64. The van der Waals surface area contributed by atoms with Crippen LogP contribution in [0.15, 0.2) is 30.6 Å². The molecule has 2 rings (SSSR count). The fourth-order valence-corrected chi connectivity index (χ4v) is 1.84. The highest BCUT2D eigenvalue weighted by atomic mass is 16.5. The Hall–Kier alpha value is -1.81. The van der Waals surface area contributed by atoms with E-state index in [1.165, 1.54) is 0 Å². The van der Waals surface area contributed by atoms with Crippen molar-refractivity contribution in [2.75, 3.05) is 25.6 Å². The predicted molar refractivity (Wildman–Crippen MR) is 77.3 cm³/mol. The van der Waals surface area contributed by atoms with Crippen LogP contribution in [0.1, 0.15) is 13.8 Å². The predicted octanol–water partition coefficient (Wildman–Crippen LogP) is 2.87. The van der Waals surface area contributed by atoms with E-state index in [9.17, 15) is 0 Å². The van der Waals surface area contributed by atoms with Gasteiger partial charge in [-0.15, -0.1) is 0 Å². The number of nitrogen functional groups attached to an aromatic ring is 1. The average molecular weight is 260 g/mol. The Bertz CT molecular complexity index is 541. The van der Waals surface area contributed by atoms with Crippen LogP contribution in [-0.2, 0) is 4.74 Å². The Morgan fingerprint density at radius 1 is 1.16 bits per heavy atom. The molecule has 0 atom stereocenters. The summed E-state index contributed by atoms with van der Waals surface area (Å²) in [5.41, 5.74) is 6.63. The van der Waals surface area contributed by atoms with Crippen LogP contribution < -0.4 is 10.5 Å². The van der Waals surface area contributed by atoms with Crippen molar-refractivity contribution in [1.82, 2.24) is 4.98 Å². The monoisotopic (exact) mass is 260 g/mol. The summed E-state index contributed by atoms with van der Waals surface area (Å²) in [4.78, 5) is 4.08. The van der Waals surface area contributed by atoms with Gasteiger partial charge in [-0.05, 0) is 24.1 Å². The van der Waals surface area contributed by atoms with E-state index in [4.69, 9.17) is 15.2 Å². The van der Waals surface area contributed by atoms with Gasteiger partial charge in [0.1, 0.15) is 12.4 Å². The number of anilines is 1. The highest BCUT2D eigenvalue weighted by Gasteiger charge is 2.05. The number of hydrogen-bond donors (Lipinski definition) is 1. The first-order chi connectivity index (χ1) is 9.18. The Labute approximate surface area is 113 Å². The molecule has 0 amide bonds. The third-order valence-corrected chi connectivity index (χ3v) is 2.75. The molecule has 1 heterocycles. The molecule has 0 unspecified atom stereocenters. The molecule has 1 aromatic carbocycles. The maximum absolute atomic E-state index is 5.91. The summed E-state index contributed by atoms with van der Waals surface area (Å²) in [5.74, 6) is 1.36. The number of fused-ring (bicyclic) bond motifs is 1. The second kappa shape index (κ2) is 6.38. The lowest BCUT2D eigenvalue weighted by Gasteiger charge is -2.11. The molecule has 0 bridgehead atoms. The minimum atomic E-state index is 0.536. The van der Waals surface area contributed by atoms with Crippen LogP contribution in [0.2, 0.25) is 0 Å². The molecule has 19 heavy (non-hydrogen) atoms. The second-order valence-electron chi connectivity index (χ2n) is 4.89. The van der Waals surface area contributed by atoms with Crippen LogP contribution in [-0.4, -0.2) is 24.8 Å². The number of aromatic nitrogens is 1. The van der Waals surface area contributed by atoms with Crippen molar-refractivity contribution in [2.24, 2.45) is 5.92 Å². The van der Waals surface area contributed by atoms with E-state index >= 15 is 0 Å². The minimum absolute atomic E-state index is 0.536. The third-order valence-electron chi connectivity index (χ3n) is 2.75. The number of rotatable bonds is 6. The van der Waals surface area contributed by atoms with Crippen LogP contribution in [0.3, 0.4) is 0 Å². The number of benzene rings is 1. The zero-order chi connectivity index (χ0) is 13.7. The lowest BCUT2D eigenvalue weighted by atomic mass is 10.1. The van der Waals surface area contributed by atoms with Crippen LogP contribution in [0.5, 0.6) is 5.75 Å². The van der Waals surface area contributed by atoms with Crippen LogP contribution in [0.4, 0.5) is 5.69 Å². The van der Waals surface area contributed by atoms with Crippen molar-refractivity contribution < 1.29 is 9.47 Å².